The van der Waals surface area contributed by atoms with Crippen LogP contribution in [0.1, 0.15) is 36.3 Å². The van der Waals surface area contributed by atoms with Crippen LogP contribution < -0.4 is 5.32 Å². The van der Waals surface area contributed by atoms with Gasteiger partial charge in [-0.2, -0.15) is 18.3 Å². The summed E-state index contributed by atoms with van der Waals surface area (Å²) in [6, 6.07) is 6.79. The SMILES string of the molecule is CC(C)CC(=O)Nc1ccc(C(=O)COC(=O)Cn2ccc(C(F)(F)F)n2)cc1. The lowest BCUT2D eigenvalue weighted by atomic mass is 10.1. The van der Waals surface area contributed by atoms with Gasteiger partial charge in [-0.25, -0.2) is 0 Å². The number of halogens is 3. The third-order valence-electron chi connectivity index (χ3n) is 3.67. The average molecular weight is 411 g/mol. The van der Waals surface area contributed by atoms with Crippen molar-refractivity contribution < 1.29 is 32.3 Å². The zero-order valence-electron chi connectivity index (χ0n) is 15.8. The van der Waals surface area contributed by atoms with Gasteiger partial charge in [0.25, 0.3) is 0 Å². The minimum Gasteiger partial charge on any atom is -0.456 e. The van der Waals surface area contributed by atoms with Crippen molar-refractivity contribution in [3.63, 3.8) is 0 Å². The van der Waals surface area contributed by atoms with Crippen LogP contribution in [0.4, 0.5) is 18.9 Å². The highest BCUT2D eigenvalue weighted by atomic mass is 19.4. The largest absolute Gasteiger partial charge is 0.456 e. The van der Waals surface area contributed by atoms with Crippen molar-refractivity contribution >= 4 is 23.3 Å². The molecule has 0 aliphatic rings. The number of ether oxygens (including phenoxy) is 1. The van der Waals surface area contributed by atoms with Crippen LogP contribution in [-0.2, 0) is 27.0 Å². The van der Waals surface area contributed by atoms with Gasteiger partial charge in [0, 0.05) is 23.9 Å². The normalized spacial score (nSPS) is 11.4. The molecule has 0 saturated carbocycles. The molecular weight excluding hydrogens is 391 g/mol. The molecule has 29 heavy (non-hydrogen) atoms. The van der Waals surface area contributed by atoms with Crippen molar-refractivity contribution in [3.8, 4) is 0 Å². The Balaban J connectivity index is 1.83. The highest BCUT2D eigenvalue weighted by molar-refractivity contribution is 5.98. The van der Waals surface area contributed by atoms with Crippen LogP contribution in [-0.4, -0.2) is 34.0 Å². The van der Waals surface area contributed by atoms with Crippen LogP contribution in [0.2, 0.25) is 0 Å². The summed E-state index contributed by atoms with van der Waals surface area (Å²) in [5, 5.41) is 5.93. The molecule has 0 atom stereocenters. The number of anilines is 1. The summed E-state index contributed by atoms with van der Waals surface area (Å²) >= 11 is 0. The molecule has 1 amide bonds. The number of rotatable bonds is 8. The van der Waals surface area contributed by atoms with E-state index in [4.69, 9.17) is 4.74 Å². The average Bonchev–Trinajstić information content (AvgIpc) is 3.08. The highest BCUT2D eigenvalue weighted by Gasteiger charge is 2.33. The van der Waals surface area contributed by atoms with Gasteiger partial charge in [0.05, 0.1) is 0 Å². The number of nitrogens with zero attached hydrogens (tertiary/aromatic N) is 2. The van der Waals surface area contributed by atoms with Gasteiger partial charge in [-0.15, -0.1) is 0 Å². The Bertz CT molecular complexity index is 874. The van der Waals surface area contributed by atoms with E-state index in [-0.39, 0.29) is 17.4 Å². The van der Waals surface area contributed by atoms with Gasteiger partial charge < -0.3 is 10.1 Å². The summed E-state index contributed by atoms with van der Waals surface area (Å²) in [7, 11) is 0. The zero-order valence-corrected chi connectivity index (χ0v) is 15.8. The fourth-order valence-electron chi connectivity index (χ4n) is 2.33. The Kier molecular flexibility index (Phi) is 7.13. The van der Waals surface area contributed by atoms with E-state index in [9.17, 15) is 27.6 Å². The molecule has 10 heteroatoms. The molecule has 0 fully saturated rings. The molecule has 156 valence electrons. The molecule has 0 bridgehead atoms. The molecule has 1 heterocycles. The van der Waals surface area contributed by atoms with Crippen LogP contribution in [0.25, 0.3) is 0 Å². The minimum atomic E-state index is -4.61. The number of Topliss-reactive ketones (excluding diaryl/α,β-unsaturated/α-hetero) is 1. The Morgan fingerprint density at radius 2 is 1.79 bits per heavy atom. The van der Waals surface area contributed by atoms with Crippen molar-refractivity contribution in [2.75, 3.05) is 11.9 Å². The molecule has 7 nitrogen and oxygen atoms in total. The van der Waals surface area contributed by atoms with Crippen molar-refractivity contribution in [1.82, 2.24) is 9.78 Å². The fraction of sp³-hybridized carbons (Fsp3) is 0.368. The maximum absolute atomic E-state index is 12.5. The number of carbonyl (C=O) groups excluding carboxylic acids is 3. The third-order valence-corrected chi connectivity index (χ3v) is 3.67. The lowest BCUT2D eigenvalue weighted by Gasteiger charge is -2.08. The van der Waals surface area contributed by atoms with Crippen LogP contribution in [0.5, 0.6) is 0 Å². The van der Waals surface area contributed by atoms with E-state index in [1.54, 1.807) is 12.1 Å². The Labute approximate surface area is 164 Å². The summed E-state index contributed by atoms with van der Waals surface area (Å²) in [4.78, 5) is 35.5. The second kappa shape index (κ2) is 9.35. The number of benzene rings is 1. The van der Waals surface area contributed by atoms with Crippen molar-refractivity contribution in [3.05, 3.63) is 47.8 Å². The summed E-state index contributed by atoms with van der Waals surface area (Å²) < 4.78 is 43.0. The minimum absolute atomic E-state index is 0.139. The van der Waals surface area contributed by atoms with E-state index in [1.165, 1.54) is 12.1 Å². The summed E-state index contributed by atoms with van der Waals surface area (Å²) in [5.74, 6) is -1.31. The molecule has 0 spiro atoms. The first-order valence-corrected chi connectivity index (χ1v) is 8.74. The van der Waals surface area contributed by atoms with Gasteiger partial charge in [-0.05, 0) is 36.2 Å². The molecule has 0 unspecified atom stereocenters. The van der Waals surface area contributed by atoms with Gasteiger partial charge in [0.1, 0.15) is 6.54 Å². The molecule has 0 aliphatic carbocycles. The molecule has 2 rings (SSSR count). The number of amides is 1. The molecule has 1 N–H and O–H groups in total. The molecule has 0 aliphatic heterocycles. The van der Waals surface area contributed by atoms with Gasteiger partial charge in [-0.1, -0.05) is 13.8 Å². The second-order valence-electron chi connectivity index (χ2n) is 6.70. The first kappa shape index (κ1) is 22.1. The molecular formula is C19H20F3N3O4. The molecule has 1 aromatic carbocycles. The van der Waals surface area contributed by atoms with Crippen molar-refractivity contribution in [2.24, 2.45) is 5.92 Å². The molecule has 0 radical (unpaired) electrons. The number of ketones is 1. The number of esters is 1. The quantitative estimate of drug-likeness (QED) is 0.532. The molecule has 0 saturated heterocycles. The maximum Gasteiger partial charge on any atom is 0.435 e. The number of hydrogen-bond donors (Lipinski definition) is 1. The standard InChI is InChI=1S/C19H20F3N3O4/c1-12(2)9-17(27)23-14-5-3-13(4-6-14)15(26)11-29-18(28)10-25-8-7-16(24-25)19(20,21)22/h3-8,12H,9-11H2,1-2H3,(H,23,27). The number of alkyl halides is 3. The Morgan fingerprint density at radius 3 is 2.34 bits per heavy atom. The van der Waals surface area contributed by atoms with Gasteiger partial charge >= 0.3 is 12.1 Å². The maximum atomic E-state index is 12.5. The number of aromatic nitrogens is 2. The van der Waals surface area contributed by atoms with E-state index in [1.807, 2.05) is 13.8 Å². The van der Waals surface area contributed by atoms with E-state index in [2.05, 4.69) is 10.4 Å². The predicted octanol–water partition coefficient (Wildman–Crippen LogP) is 3.31. The number of carbonyl (C=O) groups is 3. The molecule has 2 aromatic rings. The second-order valence-corrected chi connectivity index (χ2v) is 6.70. The lowest BCUT2D eigenvalue weighted by molar-refractivity contribution is -0.145. The van der Waals surface area contributed by atoms with Crippen LogP contribution in [0.3, 0.4) is 0 Å². The fourth-order valence-corrected chi connectivity index (χ4v) is 2.33. The monoisotopic (exact) mass is 411 g/mol. The zero-order chi connectivity index (χ0) is 21.6. The number of hydrogen-bond acceptors (Lipinski definition) is 5. The van der Waals surface area contributed by atoms with Crippen molar-refractivity contribution in [1.29, 1.82) is 0 Å². The van der Waals surface area contributed by atoms with Crippen LogP contribution in [0, 0.1) is 5.92 Å². The third kappa shape index (κ3) is 7.05. The van der Waals surface area contributed by atoms with E-state index in [0.29, 0.717) is 12.1 Å². The first-order valence-electron chi connectivity index (χ1n) is 8.74. The topological polar surface area (TPSA) is 90.3 Å². The highest BCUT2D eigenvalue weighted by Crippen LogP contribution is 2.27. The Morgan fingerprint density at radius 1 is 1.14 bits per heavy atom. The van der Waals surface area contributed by atoms with Gasteiger partial charge in [-0.3, -0.25) is 19.1 Å². The lowest BCUT2D eigenvalue weighted by Crippen LogP contribution is -2.19. The van der Waals surface area contributed by atoms with Crippen LogP contribution in [0.15, 0.2) is 36.5 Å². The summed E-state index contributed by atoms with van der Waals surface area (Å²) in [6.07, 6.45) is -3.24. The predicted molar refractivity (Wildman–Crippen MR) is 97.0 cm³/mol. The smallest absolute Gasteiger partial charge is 0.435 e. The van der Waals surface area contributed by atoms with Crippen molar-refractivity contribution in [2.45, 2.75) is 33.0 Å². The summed E-state index contributed by atoms with van der Waals surface area (Å²) in [6.45, 7) is 2.73. The van der Waals surface area contributed by atoms with Crippen LogP contribution >= 0.6 is 0 Å². The van der Waals surface area contributed by atoms with Gasteiger partial charge in [0.15, 0.2) is 18.1 Å². The van der Waals surface area contributed by atoms with E-state index >= 15 is 0 Å². The summed E-state index contributed by atoms with van der Waals surface area (Å²) in [5.41, 5.74) is -0.330. The van der Waals surface area contributed by atoms with Gasteiger partial charge in [0.2, 0.25) is 5.91 Å². The first-order chi connectivity index (χ1) is 13.5. The van der Waals surface area contributed by atoms with E-state index < -0.39 is 36.8 Å². The molecule has 1 aromatic heterocycles. The number of nitrogens with one attached hydrogen (secondary N) is 1. The Hall–Kier alpha value is -3.17. The van der Waals surface area contributed by atoms with E-state index in [0.717, 1.165) is 16.9 Å².